The van der Waals surface area contributed by atoms with E-state index in [1.807, 2.05) is 56.0 Å². The molecule has 0 bridgehead atoms. The van der Waals surface area contributed by atoms with E-state index in [1.165, 1.54) is 8.61 Å². The van der Waals surface area contributed by atoms with E-state index < -0.39 is 44.2 Å². The third kappa shape index (κ3) is 20.2. The normalized spacial score (nSPS) is 20.3. The number of nitrogens with zero attached hydrogens (tertiary/aromatic N) is 7. The summed E-state index contributed by atoms with van der Waals surface area (Å²) >= 11 is 0. The van der Waals surface area contributed by atoms with Crippen LogP contribution >= 0.6 is 0 Å². The van der Waals surface area contributed by atoms with Crippen LogP contribution in [0.4, 0.5) is 0 Å². The molecule has 0 saturated carbocycles. The molecular formula is C46H82B3N9O9S3. The van der Waals surface area contributed by atoms with E-state index >= 15 is 0 Å². The molecule has 0 aromatic heterocycles. The molecule has 3 aromatic rings. The van der Waals surface area contributed by atoms with Crippen LogP contribution in [0.25, 0.3) is 0 Å². The lowest BCUT2D eigenvalue weighted by Crippen LogP contribution is -2.41. The molecule has 18 nitrogen and oxygen atoms in total. The molecule has 70 heavy (non-hydrogen) atoms. The fraction of sp³-hybridized carbons (Fsp3) is 0.587. The molecule has 4 aliphatic heterocycles. The Morgan fingerprint density at radius 1 is 0.557 bits per heavy atom. The van der Waals surface area contributed by atoms with Gasteiger partial charge in [0.25, 0.3) is 0 Å². The van der Waals surface area contributed by atoms with Gasteiger partial charge in [-0.3, -0.25) is 0 Å². The largest absolute Gasteiger partial charge is 0.437 e. The highest BCUT2D eigenvalue weighted by atomic mass is 32.2. The minimum atomic E-state index is -3.46. The summed E-state index contributed by atoms with van der Waals surface area (Å²) in [4.78, 5) is 8.17. The first-order valence-electron chi connectivity index (χ1n) is 24.5. The minimum absolute atomic E-state index is 0.0835. The third-order valence-corrected chi connectivity index (χ3v) is 17.2. The van der Waals surface area contributed by atoms with Crippen molar-refractivity contribution < 1.29 is 40.3 Å². The summed E-state index contributed by atoms with van der Waals surface area (Å²) in [6.07, 6.45) is 5.22. The predicted molar refractivity (Wildman–Crippen MR) is 285 cm³/mol. The Morgan fingerprint density at radius 3 is 1.26 bits per heavy atom. The topological polar surface area (TPSA) is 244 Å². The number of likely N-dealkylation sites (N-methyl/N-ethyl adjacent to an activating group) is 2. The van der Waals surface area contributed by atoms with Gasteiger partial charge in [0, 0.05) is 71.0 Å². The Balaban J connectivity index is 0.000000460. The summed E-state index contributed by atoms with van der Waals surface area (Å²) in [5.74, 6) is 0. The third-order valence-electron chi connectivity index (χ3n) is 11.8. The van der Waals surface area contributed by atoms with E-state index in [-0.39, 0.29) is 36.1 Å². The SMILES string of the molecule is CB(O)N1CC[C@@H](N(C)S(=O)(=O)c2ccccc2)C1.CB(O)N1CC[C@@H](N)C1.CB(O)N1CC[C@@H](NS(=O)(=O)c2ccccc2)C1.CC.CC.CC.CN([C@@H]1CCN(C#N)C1)S(=O)(=O)c1ccccc1. The van der Waals surface area contributed by atoms with Gasteiger partial charge in [-0.1, -0.05) is 96.1 Å². The summed E-state index contributed by atoms with van der Waals surface area (Å²) in [6, 6.07) is 25.1. The first-order chi connectivity index (χ1) is 33.2. The molecule has 6 N–H and O–H groups in total. The lowest BCUT2D eigenvalue weighted by Gasteiger charge is -2.24. The van der Waals surface area contributed by atoms with Crippen LogP contribution in [0.1, 0.15) is 67.2 Å². The molecule has 0 spiro atoms. The zero-order valence-corrected chi connectivity index (χ0v) is 45.9. The lowest BCUT2D eigenvalue weighted by atomic mass is 9.86. The Labute approximate surface area is 423 Å². The molecular weight excluding hydrogens is 951 g/mol. The van der Waals surface area contributed by atoms with E-state index in [9.17, 15) is 35.3 Å². The van der Waals surface area contributed by atoms with Crippen LogP contribution in [0.5, 0.6) is 0 Å². The van der Waals surface area contributed by atoms with Crippen LogP contribution in [0.3, 0.4) is 0 Å². The molecule has 7 rings (SSSR count). The zero-order valence-electron chi connectivity index (χ0n) is 43.4. The Kier molecular flexibility index (Phi) is 30.1. The second-order valence-corrected chi connectivity index (χ2v) is 22.2. The van der Waals surface area contributed by atoms with E-state index in [2.05, 4.69) is 10.9 Å². The number of rotatable bonds is 12. The molecule has 4 aliphatic rings. The van der Waals surface area contributed by atoms with Crippen molar-refractivity contribution in [2.24, 2.45) is 5.73 Å². The van der Waals surface area contributed by atoms with E-state index in [0.717, 1.165) is 38.9 Å². The first kappa shape index (κ1) is 64.6. The van der Waals surface area contributed by atoms with Crippen LogP contribution in [-0.2, 0) is 30.1 Å². The van der Waals surface area contributed by atoms with Gasteiger partial charge < -0.3 is 40.1 Å². The fourth-order valence-corrected chi connectivity index (χ4v) is 11.8. The maximum atomic E-state index is 12.4. The Morgan fingerprint density at radius 2 is 0.914 bits per heavy atom. The van der Waals surface area contributed by atoms with Crippen LogP contribution in [0.2, 0.25) is 20.5 Å². The monoisotopic (exact) mass is 1030 g/mol. The summed E-state index contributed by atoms with van der Waals surface area (Å²) in [5.41, 5.74) is 5.61. The maximum absolute atomic E-state index is 12.4. The number of sulfonamides is 3. The average Bonchev–Trinajstić information content (AvgIpc) is 4.23. The van der Waals surface area contributed by atoms with Gasteiger partial charge >= 0.3 is 21.2 Å². The van der Waals surface area contributed by atoms with Crippen molar-refractivity contribution in [2.45, 2.75) is 127 Å². The molecule has 0 radical (unpaired) electrons. The second kappa shape index (κ2) is 32.6. The molecule has 0 amide bonds. The van der Waals surface area contributed by atoms with Crippen LogP contribution in [0, 0.1) is 11.5 Å². The summed E-state index contributed by atoms with van der Waals surface area (Å²) < 4.78 is 79.2. The molecule has 0 unspecified atom stereocenters. The highest BCUT2D eigenvalue weighted by Gasteiger charge is 2.36. The summed E-state index contributed by atoms with van der Waals surface area (Å²) in [6.45, 7) is 22.6. The van der Waals surface area contributed by atoms with Gasteiger partial charge in [0.1, 0.15) is 0 Å². The van der Waals surface area contributed by atoms with Crippen molar-refractivity contribution in [2.75, 3.05) is 66.5 Å². The second-order valence-electron chi connectivity index (χ2n) is 16.4. The quantitative estimate of drug-likeness (QED) is 0.128. The molecule has 4 fully saturated rings. The highest BCUT2D eigenvalue weighted by Crippen LogP contribution is 2.23. The standard InChI is InChI=1S/C12H19BN2O3S.C12H15N3O2S.C11H17BN2O3S.C5H13BN2O.3C2H6/c1-13(16)15-9-8-11(10-15)14(2)19(17,18)12-6-4-3-5-7-12;1-14(11-7-8-15(9-11)10-13)18(16,17)12-5-3-2-4-6-12;1-12(15)14-8-7-10(9-14)13-18(16,17)11-5-3-2-4-6-11;1-6(9)8-3-2-5(7)4-8;3*1-2/h3-7,11,16H,8-10H2,1-2H3;2-6,11H,7-9H2,1H3;2-6,10,13,15H,7-9H2,1H3;5,9H,2-4,7H2,1H3;3*1-2H3/t2*11-;10-;5-;;;/m1111.../s1. The van der Waals surface area contributed by atoms with E-state index in [0.29, 0.717) is 48.9 Å². The molecule has 3 aromatic carbocycles. The van der Waals surface area contributed by atoms with Crippen molar-refractivity contribution in [1.29, 1.82) is 5.26 Å². The van der Waals surface area contributed by atoms with Crippen molar-refractivity contribution in [3.05, 3.63) is 91.0 Å². The fourth-order valence-electron chi connectivity index (χ4n) is 7.71. The van der Waals surface area contributed by atoms with Crippen molar-refractivity contribution in [3.63, 3.8) is 0 Å². The Bertz CT molecular complexity index is 2260. The van der Waals surface area contributed by atoms with Gasteiger partial charge in [0.05, 0.1) is 14.7 Å². The van der Waals surface area contributed by atoms with Gasteiger partial charge in [-0.2, -0.15) is 13.9 Å². The average molecular weight is 1030 g/mol. The maximum Gasteiger partial charge on any atom is 0.376 e. The van der Waals surface area contributed by atoms with Gasteiger partial charge in [-0.15, -0.1) is 0 Å². The molecule has 24 heteroatoms. The first-order valence-corrected chi connectivity index (χ1v) is 28.8. The zero-order chi connectivity index (χ0) is 53.2. The molecule has 4 atom stereocenters. The number of nitriles is 1. The van der Waals surface area contributed by atoms with Crippen LogP contribution in [-0.4, -0.2) is 180 Å². The van der Waals surface area contributed by atoms with Crippen LogP contribution < -0.4 is 10.5 Å². The molecule has 0 aliphatic carbocycles. The Hall–Kier alpha value is -3.41. The van der Waals surface area contributed by atoms with Gasteiger partial charge in [0.2, 0.25) is 30.1 Å². The van der Waals surface area contributed by atoms with Gasteiger partial charge in [-0.05, 0) is 102 Å². The number of benzene rings is 3. The molecule has 4 saturated heterocycles. The number of nitrogens with one attached hydrogen (secondary N) is 1. The smallest absolute Gasteiger partial charge is 0.376 e. The number of hydrogen-bond donors (Lipinski definition) is 5. The predicted octanol–water partition coefficient (Wildman–Crippen LogP) is 3.71. The number of hydrogen-bond acceptors (Lipinski definition) is 15. The van der Waals surface area contributed by atoms with Gasteiger partial charge in [0.15, 0.2) is 6.19 Å². The molecule has 392 valence electrons. The minimum Gasteiger partial charge on any atom is -0.437 e. The molecule has 4 heterocycles. The van der Waals surface area contributed by atoms with Crippen molar-refractivity contribution in [1.82, 2.24) is 32.7 Å². The van der Waals surface area contributed by atoms with E-state index in [4.69, 9.17) is 16.0 Å². The van der Waals surface area contributed by atoms with E-state index in [1.54, 1.807) is 130 Å². The summed E-state index contributed by atoms with van der Waals surface area (Å²) in [5, 5.41) is 36.8. The lowest BCUT2D eigenvalue weighted by molar-refractivity contribution is 0.357. The summed E-state index contributed by atoms with van der Waals surface area (Å²) in [7, 11) is -8.55. The van der Waals surface area contributed by atoms with Gasteiger partial charge in [-0.25, -0.2) is 30.0 Å². The number of likely N-dealkylation sites (tertiary alicyclic amines) is 1. The van der Waals surface area contributed by atoms with Crippen molar-refractivity contribution >= 4 is 51.2 Å². The van der Waals surface area contributed by atoms with Crippen molar-refractivity contribution in [3.8, 4) is 6.19 Å². The number of nitrogens with two attached hydrogens (primary N) is 1. The highest BCUT2D eigenvalue weighted by molar-refractivity contribution is 7.89. The van der Waals surface area contributed by atoms with Crippen LogP contribution in [0.15, 0.2) is 106 Å².